The lowest BCUT2D eigenvalue weighted by Gasteiger charge is -2.35. The molecule has 2 aliphatic rings. The number of ether oxygens (including phenoxy) is 3. The summed E-state index contributed by atoms with van der Waals surface area (Å²) < 4.78 is 23.8. The van der Waals surface area contributed by atoms with Gasteiger partial charge in [0.2, 0.25) is 0 Å². The summed E-state index contributed by atoms with van der Waals surface area (Å²) >= 11 is 3.67. The van der Waals surface area contributed by atoms with Crippen molar-refractivity contribution in [3.8, 4) is 23.3 Å². The quantitative estimate of drug-likeness (QED) is 0.305. The van der Waals surface area contributed by atoms with Gasteiger partial charge in [-0.25, -0.2) is 0 Å². The first-order chi connectivity index (χ1) is 18.9. The van der Waals surface area contributed by atoms with Crippen LogP contribution in [0.5, 0.6) is 17.2 Å². The summed E-state index contributed by atoms with van der Waals surface area (Å²) in [7, 11) is 1.63. The second-order valence-electron chi connectivity index (χ2n) is 9.55. The smallest absolute Gasteiger partial charge is 0.175 e. The van der Waals surface area contributed by atoms with E-state index in [0.717, 1.165) is 34.0 Å². The second-order valence-corrected chi connectivity index (χ2v) is 10.4. The molecule has 7 nitrogen and oxygen atoms in total. The monoisotopic (exact) mass is 588 g/mol. The maximum absolute atomic E-state index is 13.6. The fourth-order valence-corrected chi connectivity index (χ4v) is 5.89. The van der Waals surface area contributed by atoms with Crippen LogP contribution in [-0.4, -0.2) is 19.5 Å². The first-order valence-electron chi connectivity index (χ1n) is 12.8. The first-order valence-corrected chi connectivity index (χ1v) is 13.6. The van der Waals surface area contributed by atoms with E-state index in [4.69, 9.17) is 18.6 Å². The number of carbonyl (C=O) groups excluding carboxylic acids is 1. The van der Waals surface area contributed by atoms with Gasteiger partial charge in [-0.05, 0) is 83.7 Å². The number of carbonyl (C=O) groups is 1. The van der Waals surface area contributed by atoms with Gasteiger partial charge in [0.15, 0.2) is 17.3 Å². The van der Waals surface area contributed by atoms with E-state index in [1.165, 1.54) is 0 Å². The van der Waals surface area contributed by atoms with Crippen LogP contribution in [-0.2, 0) is 11.4 Å². The van der Waals surface area contributed by atoms with Crippen LogP contribution in [0.1, 0.15) is 55.4 Å². The van der Waals surface area contributed by atoms with Crippen molar-refractivity contribution < 1.29 is 23.4 Å². The minimum absolute atomic E-state index is 0.00262. The molecule has 8 heteroatoms. The number of rotatable bonds is 8. The van der Waals surface area contributed by atoms with Gasteiger partial charge < -0.3 is 23.9 Å². The van der Waals surface area contributed by atoms with Crippen LogP contribution in [0.3, 0.4) is 0 Å². The lowest BCUT2D eigenvalue weighted by atomic mass is 9.73. The Bertz CT molecular complexity index is 1500. The fourth-order valence-electron chi connectivity index (χ4n) is 5.32. The van der Waals surface area contributed by atoms with E-state index >= 15 is 0 Å². The van der Waals surface area contributed by atoms with Gasteiger partial charge in [0, 0.05) is 29.3 Å². The number of hydrogen-bond acceptors (Lipinski definition) is 7. The number of allylic oxidation sites excluding steroid dienone is 4. The van der Waals surface area contributed by atoms with Crippen molar-refractivity contribution in [1.29, 1.82) is 5.26 Å². The Balaban J connectivity index is 1.52. The Morgan fingerprint density at radius 2 is 2.00 bits per heavy atom. The summed E-state index contributed by atoms with van der Waals surface area (Å²) in [5.74, 6) is 2.08. The summed E-state index contributed by atoms with van der Waals surface area (Å²) in [6.45, 7) is 4.52. The van der Waals surface area contributed by atoms with Gasteiger partial charge in [-0.1, -0.05) is 12.1 Å². The number of dihydropyridines is 1. The average molecular weight is 589 g/mol. The molecular weight excluding hydrogens is 560 g/mol. The predicted octanol–water partition coefficient (Wildman–Crippen LogP) is 6.91. The van der Waals surface area contributed by atoms with E-state index in [-0.39, 0.29) is 11.7 Å². The van der Waals surface area contributed by atoms with Gasteiger partial charge in [-0.2, -0.15) is 5.26 Å². The highest BCUT2D eigenvalue weighted by Gasteiger charge is 2.40. The molecule has 1 aromatic heterocycles. The van der Waals surface area contributed by atoms with Crippen molar-refractivity contribution >= 4 is 21.7 Å². The van der Waals surface area contributed by atoms with Gasteiger partial charge in [0.05, 0.1) is 42.0 Å². The maximum atomic E-state index is 13.6. The van der Waals surface area contributed by atoms with E-state index < -0.39 is 5.92 Å². The minimum Gasteiger partial charge on any atom is -0.497 e. The maximum Gasteiger partial charge on any atom is 0.175 e. The molecule has 0 amide bonds. The number of hydrogen-bond donors (Lipinski definition) is 1. The number of Topliss-reactive ketones (excluding diaryl/α,β-unsaturated/α-hetero) is 1. The molecule has 200 valence electrons. The van der Waals surface area contributed by atoms with Gasteiger partial charge in [-0.15, -0.1) is 0 Å². The molecule has 39 heavy (non-hydrogen) atoms. The summed E-state index contributed by atoms with van der Waals surface area (Å²) in [6.07, 6.45) is 2.58. The summed E-state index contributed by atoms with van der Waals surface area (Å²) in [6, 6.07) is 17.6. The Hall–Kier alpha value is -3.96. The van der Waals surface area contributed by atoms with Crippen LogP contribution >= 0.6 is 15.9 Å². The molecule has 1 aliphatic heterocycles. The molecule has 0 saturated heterocycles. The number of nitriles is 1. The molecule has 0 bridgehead atoms. The Kier molecular flexibility index (Phi) is 7.80. The molecule has 0 fully saturated rings. The summed E-state index contributed by atoms with van der Waals surface area (Å²) in [5.41, 5.74) is 4.44. The number of benzene rings is 2. The van der Waals surface area contributed by atoms with E-state index in [1.807, 2.05) is 62.4 Å². The molecule has 2 unspecified atom stereocenters. The molecule has 2 heterocycles. The molecule has 2 atom stereocenters. The minimum atomic E-state index is -0.515. The number of ketones is 1. The Morgan fingerprint density at radius 1 is 1.15 bits per heavy atom. The van der Waals surface area contributed by atoms with Crippen LogP contribution < -0.4 is 19.5 Å². The van der Waals surface area contributed by atoms with Crippen LogP contribution in [0.15, 0.2) is 86.2 Å². The SMILES string of the molecule is CCOc1cc(C2C(C#N)=C(C)NC3=C2C(=O)CC(c2ccco2)C3)cc(Br)c1OCc1cccc(OC)c1. The topological polar surface area (TPSA) is 93.7 Å². The van der Waals surface area contributed by atoms with Crippen LogP contribution in [0.25, 0.3) is 0 Å². The third-order valence-corrected chi connectivity index (χ3v) is 7.66. The number of furan rings is 1. The lowest BCUT2D eigenvalue weighted by molar-refractivity contribution is -0.116. The zero-order valence-electron chi connectivity index (χ0n) is 22.0. The summed E-state index contributed by atoms with van der Waals surface area (Å²) in [4.78, 5) is 13.6. The van der Waals surface area contributed by atoms with Crippen LogP contribution in [0.2, 0.25) is 0 Å². The normalized spacial score (nSPS) is 18.8. The zero-order chi connectivity index (χ0) is 27.5. The van der Waals surface area contributed by atoms with E-state index in [2.05, 4.69) is 27.3 Å². The molecule has 5 rings (SSSR count). The molecule has 3 aromatic rings. The predicted molar refractivity (Wildman–Crippen MR) is 150 cm³/mol. The fraction of sp³-hybridized carbons (Fsp3) is 0.290. The van der Waals surface area contributed by atoms with Crippen molar-refractivity contribution in [2.45, 2.75) is 45.1 Å². The van der Waals surface area contributed by atoms with E-state index in [9.17, 15) is 10.1 Å². The lowest BCUT2D eigenvalue weighted by Crippen LogP contribution is -2.33. The average Bonchev–Trinajstić information content (AvgIpc) is 3.47. The Morgan fingerprint density at radius 3 is 2.72 bits per heavy atom. The standard InChI is InChI=1S/C31H29BrN2O5/c1-4-37-28-15-21(12-24(32)31(28)39-17-19-7-5-8-22(11-19)36-3)29-23(16-33)18(2)34-25-13-20(14-26(35)30(25)29)27-9-6-10-38-27/h5-12,15,20,29,34H,4,13-14,17H2,1-3H3. The van der Waals surface area contributed by atoms with E-state index in [1.54, 1.807) is 13.4 Å². The third kappa shape index (κ3) is 5.32. The molecular formula is C31H29BrN2O5. The van der Waals surface area contributed by atoms with Gasteiger partial charge in [0.1, 0.15) is 18.1 Å². The zero-order valence-corrected chi connectivity index (χ0v) is 23.6. The highest BCUT2D eigenvalue weighted by Crippen LogP contribution is 2.48. The van der Waals surface area contributed by atoms with E-state index in [0.29, 0.717) is 53.2 Å². The molecule has 1 aliphatic carbocycles. The molecule has 0 spiro atoms. The van der Waals surface area contributed by atoms with Gasteiger partial charge >= 0.3 is 0 Å². The largest absolute Gasteiger partial charge is 0.497 e. The van der Waals surface area contributed by atoms with Crippen molar-refractivity contribution in [3.05, 3.63) is 98.7 Å². The molecule has 0 saturated carbocycles. The third-order valence-electron chi connectivity index (χ3n) is 7.08. The Labute approximate surface area is 236 Å². The molecule has 1 N–H and O–H groups in total. The first kappa shape index (κ1) is 26.6. The second kappa shape index (κ2) is 11.4. The van der Waals surface area contributed by atoms with Crippen LogP contribution in [0, 0.1) is 11.3 Å². The number of nitrogens with zero attached hydrogens (tertiary/aromatic N) is 1. The van der Waals surface area contributed by atoms with Gasteiger partial charge in [-0.3, -0.25) is 4.79 Å². The van der Waals surface area contributed by atoms with Crippen molar-refractivity contribution in [3.63, 3.8) is 0 Å². The van der Waals surface area contributed by atoms with Crippen LogP contribution in [0.4, 0.5) is 0 Å². The highest BCUT2D eigenvalue weighted by molar-refractivity contribution is 9.10. The highest BCUT2D eigenvalue weighted by atomic mass is 79.9. The van der Waals surface area contributed by atoms with Gasteiger partial charge in [0.25, 0.3) is 0 Å². The number of nitrogens with one attached hydrogen (secondary N) is 1. The summed E-state index contributed by atoms with van der Waals surface area (Å²) in [5, 5.41) is 13.5. The number of methoxy groups -OCH3 is 1. The molecule has 0 radical (unpaired) electrons. The van der Waals surface area contributed by atoms with Crippen molar-refractivity contribution in [1.82, 2.24) is 5.32 Å². The molecule has 2 aromatic carbocycles. The van der Waals surface area contributed by atoms with Crippen molar-refractivity contribution in [2.75, 3.05) is 13.7 Å². The number of halogens is 1. The van der Waals surface area contributed by atoms with Crippen molar-refractivity contribution in [2.24, 2.45) is 0 Å².